The molecule has 0 saturated carbocycles. The lowest BCUT2D eigenvalue weighted by molar-refractivity contribution is 0.0976. The molecule has 0 spiro atoms. The number of nitrogens with one attached hydrogen (secondary N) is 2. The zero-order chi connectivity index (χ0) is 13.3. The van der Waals surface area contributed by atoms with Crippen LogP contribution in [0.2, 0.25) is 0 Å². The molecule has 0 bridgehead atoms. The minimum absolute atomic E-state index is 0.0369. The van der Waals surface area contributed by atoms with Gasteiger partial charge in [-0.25, -0.2) is 9.78 Å². The topological polar surface area (TPSA) is 71.1 Å². The summed E-state index contributed by atoms with van der Waals surface area (Å²) in [4.78, 5) is 28.4. The summed E-state index contributed by atoms with van der Waals surface area (Å²) in [5.41, 5.74) is 0.756. The second kappa shape index (κ2) is 5.26. The van der Waals surface area contributed by atoms with Crippen molar-refractivity contribution in [2.45, 2.75) is 23.0 Å². The fourth-order valence-corrected chi connectivity index (χ4v) is 3.69. The number of ketones is 1. The van der Waals surface area contributed by atoms with E-state index in [1.54, 1.807) is 0 Å². The van der Waals surface area contributed by atoms with E-state index in [4.69, 9.17) is 0 Å². The highest BCUT2D eigenvalue weighted by Gasteiger charge is 2.40. The predicted molar refractivity (Wildman–Crippen MR) is 78.0 cm³/mol. The molecule has 0 atom stereocenters. The summed E-state index contributed by atoms with van der Waals surface area (Å²) >= 11 is 7.93. The van der Waals surface area contributed by atoms with Crippen LogP contribution in [0.15, 0.2) is 0 Å². The lowest BCUT2D eigenvalue weighted by Gasteiger charge is -2.22. The van der Waals surface area contributed by atoms with Gasteiger partial charge in [-0.2, -0.15) is 0 Å². The summed E-state index contributed by atoms with van der Waals surface area (Å²) in [6, 6.07) is -0.306. The third kappa shape index (κ3) is 2.75. The van der Waals surface area contributed by atoms with Gasteiger partial charge >= 0.3 is 6.03 Å². The van der Waals surface area contributed by atoms with Gasteiger partial charge in [-0.3, -0.25) is 10.1 Å². The molecule has 0 fully saturated rings. The number of carbonyl (C=O) groups excluding carboxylic acids is 2. The van der Waals surface area contributed by atoms with Crippen LogP contribution in [-0.2, 0) is 6.42 Å². The Kier molecular flexibility index (Phi) is 4.08. The van der Waals surface area contributed by atoms with Gasteiger partial charge in [0.25, 0.3) is 0 Å². The maximum Gasteiger partial charge on any atom is 0.321 e. The number of aromatic nitrogens is 1. The Morgan fingerprint density at radius 1 is 1.56 bits per heavy atom. The molecule has 0 radical (unpaired) electrons. The van der Waals surface area contributed by atoms with E-state index in [1.165, 1.54) is 11.3 Å². The molecule has 0 saturated heterocycles. The van der Waals surface area contributed by atoms with E-state index in [-0.39, 0.29) is 11.8 Å². The first-order valence-corrected chi connectivity index (χ1v) is 7.81. The normalized spacial score (nSPS) is 17.2. The highest BCUT2D eigenvalue weighted by atomic mass is 79.9. The summed E-state index contributed by atoms with van der Waals surface area (Å²) in [7, 11) is 0. The van der Waals surface area contributed by atoms with Crippen molar-refractivity contribution in [1.82, 2.24) is 10.3 Å². The molecule has 0 unspecified atom stereocenters. The lowest BCUT2D eigenvalue weighted by Crippen LogP contribution is -2.29. The number of hydrogen-bond acceptors (Lipinski definition) is 4. The molecule has 2 rings (SSSR count). The molecule has 0 aliphatic heterocycles. The molecular weight excluding hydrogens is 386 g/mol. The molecule has 98 valence electrons. The Hall–Kier alpha value is -0.470. The van der Waals surface area contributed by atoms with Crippen molar-refractivity contribution in [3.05, 3.63) is 10.6 Å². The SMILES string of the molecule is CCNC(=O)Nc1nc2c(s1)C(=O)C(Br)(Br)CC2. The highest BCUT2D eigenvalue weighted by Crippen LogP contribution is 2.42. The van der Waals surface area contributed by atoms with Crippen LogP contribution in [0, 0.1) is 0 Å². The summed E-state index contributed by atoms with van der Waals surface area (Å²) in [5, 5.41) is 5.69. The van der Waals surface area contributed by atoms with E-state index in [9.17, 15) is 9.59 Å². The quantitative estimate of drug-likeness (QED) is 0.755. The first-order valence-electron chi connectivity index (χ1n) is 5.41. The molecule has 1 aliphatic rings. The van der Waals surface area contributed by atoms with Crippen molar-refractivity contribution in [1.29, 1.82) is 0 Å². The molecule has 1 aromatic heterocycles. The Bertz CT molecular complexity index is 501. The molecule has 1 aliphatic carbocycles. The van der Waals surface area contributed by atoms with Crippen LogP contribution in [0.3, 0.4) is 0 Å². The van der Waals surface area contributed by atoms with E-state index in [2.05, 4.69) is 47.5 Å². The first-order chi connectivity index (χ1) is 8.44. The van der Waals surface area contributed by atoms with Gasteiger partial charge in [0.1, 0.15) is 3.23 Å². The van der Waals surface area contributed by atoms with Crippen LogP contribution >= 0.6 is 43.2 Å². The number of aryl methyl sites for hydroxylation is 1. The summed E-state index contributed by atoms with van der Waals surface area (Å²) in [6.07, 6.45) is 1.34. The van der Waals surface area contributed by atoms with Crippen LogP contribution in [0.1, 0.15) is 28.7 Å². The number of alkyl halides is 2. The molecule has 1 heterocycles. The number of urea groups is 1. The third-order valence-electron chi connectivity index (χ3n) is 2.47. The Morgan fingerprint density at radius 3 is 2.94 bits per heavy atom. The van der Waals surface area contributed by atoms with Gasteiger partial charge in [-0.15, -0.1) is 0 Å². The monoisotopic (exact) mass is 395 g/mol. The number of Topliss-reactive ketones (excluding diaryl/α,β-unsaturated/α-hetero) is 1. The molecule has 5 nitrogen and oxygen atoms in total. The van der Waals surface area contributed by atoms with Crippen LogP contribution < -0.4 is 10.6 Å². The Balaban J connectivity index is 2.19. The summed E-state index contributed by atoms with van der Waals surface area (Å²) in [6.45, 7) is 2.38. The van der Waals surface area contributed by atoms with Gasteiger partial charge in [0.2, 0.25) is 5.78 Å². The Morgan fingerprint density at radius 2 is 2.28 bits per heavy atom. The number of nitrogens with zero attached hydrogens (tertiary/aromatic N) is 1. The highest BCUT2D eigenvalue weighted by molar-refractivity contribution is 9.26. The number of anilines is 1. The van der Waals surface area contributed by atoms with Crippen LogP contribution in [-0.4, -0.2) is 26.6 Å². The summed E-state index contributed by atoms with van der Waals surface area (Å²) < 4.78 is -0.692. The van der Waals surface area contributed by atoms with E-state index in [0.29, 0.717) is 29.4 Å². The van der Waals surface area contributed by atoms with Crippen LogP contribution in [0.25, 0.3) is 0 Å². The Labute approximate surface area is 125 Å². The number of fused-ring (bicyclic) bond motifs is 1. The smallest absolute Gasteiger partial charge is 0.321 e. The number of carbonyl (C=O) groups is 2. The molecule has 2 N–H and O–H groups in total. The lowest BCUT2D eigenvalue weighted by atomic mass is 10.0. The van der Waals surface area contributed by atoms with Crippen LogP contribution in [0.5, 0.6) is 0 Å². The molecule has 2 amide bonds. The molecule has 8 heteroatoms. The van der Waals surface area contributed by atoms with E-state index >= 15 is 0 Å². The fourth-order valence-electron chi connectivity index (χ4n) is 1.61. The van der Waals surface area contributed by atoms with E-state index in [1.807, 2.05) is 6.92 Å². The van der Waals surface area contributed by atoms with Gasteiger partial charge in [0.15, 0.2) is 5.13 Å². The number of amides is 2. The number of halogens is 2. The van der Waals surface area contributed by atoms with Crippen molar-refractivity contribution in [2.24, 2.45) is 0 Å². The molecule has 0 aromatic carbocycles. The van der Waals surface area contributed by atoms with Gasteiger partial charge < -0.3 is 5.32 Å². The average molecular weight is 397 g/mol. The first kappa shape index (κ1) is 14.0. The van der Waals surface area contributed by atoms with Crippen molar-refractivity contribution >= 4 is 60.1 Å². The van der Waals surface area contributed by atoms with Gasteiger partial charge in [-0.1, -0.05) is 43.2 Å². The zero-order valence-electron chi connectivity index (χ0n) is 9.55. The number of thiazole rings is 1. The minimum atomic E-state index is -0.692. The molecule has 1 aromatic rings. The fraction of sp³-hybridized carbons (Fsp3) is 0.500. The van der Waals surface area contributed by atoms with E-state index < -0.39 is 3.23 Å². The summed E-state index contributed by atoms with van der Waals surface area (Å²) in [5.74, 6) is -0.0369. The largest absolute Gasteiger partial charge is 0.338 e. The maximum absolute atomic E-state index is 12.1. The molecule has 18 heavy (non-hydrogen) atoms. The second-order valence-corrected chi connectivity index (χ2v) is 8.58. The number of rotatable bonds is 2. The van der Waals surface area contributed by atoms with Crippen molar-refractivity contribution in [3.8, 4) is 0 Å². The van der Waals surface area contributed by atoms with Crippen molar-refractivity contribution in [2.75, 3.05) is 11.9 Å². The second-order valence-electron chi connectivity index (χ2n) is 3.81. The van der Waals surface area contributed by atoms with Crippen molar-refractivity contribution in [3.63, 3.8) is 0 Å². The average Bonchev–Trinajstić information content (AvgIpc) is 2.68. The van der Waals surface area contributed by atoms with E-state index in [0.717, 1.165) is 5.69 Å². The molecular formula is C10H11Br2N3O2S. The predicted octanol–water partition coefficient (Wildman–Crippen LogP) is 2.90. The third-order valence-corrected chi connectivity index (χ3v) is 4.99. The minimum Gasteiger partial charge on any atom is -0.338 e. The van der Waals surface area contributed by atoms with Gasteiger partial charge in [-0.05, 0) is 19.8 Å². The zero-order valence-corrected chi connectivity index (χ0v) is 13.5. The standard InChI is InChI=1S/C10H11Br2N3O2S/c1-2-13-8(17)15-9-14-5-3-4-10(11,12)7(16)6(5)18-9/h2-4H2,1H3,(H2,13,14,15,17). The van der Waals surface area contributed by atoms with Gasteiger partial charge in [0.05, 0.1) is 10.6 Å². The van der Waals surface area contributed by atoms with Gasteiger partial charge in [0, 0.05) is 6.54 Å². The van der Waals surface area contributed by atoms with Crippen molar-refractivity contribution < 1.29 is 9.59 Å². The van der Waals surface area contributed by atoms with Crippen LogP contribution in [0.4, 0.5) is 9.93 Å². The number of hydrogen-bond donors (Lipinski definition) is 2. The maximum atomic E-state index is 12.1.